The number of Topliss-reactive ketones (excluding diaryl/α,β-unsaturated/α-hetero) is 1. The first-order valence-electron chi connectivity index (χ1n) is 12.8. The summed E-state index contributed by atoms with van der Waals surface area (Å²) < 4.78 is 0. The van der Waals surface area contributed by atoms with Crippen molar-refractivity contribution >= 4 is 41.7 Å². The number of aliphatic imine (C=N–C) groups is 2. The van der Waals surface area contributed by atoms with E-state index < -0.39 is 0 Å². The van der Waals surface area contributed by atoms with Gasteiger partial charge in [0, 0.05) is 50.4 Å². The average Bonchev–Trinajstić information content (AvgIpc) is 3.54. The van der Waals surface area contributed by atoms with Gasteiger partial charge < -0.3 is 20.4 Å². The molecule has 3 heterocycles. The van der Waals surface area contributed by atoms with Crippen LogP contribution in [0.15, 0.2) is 61.5 Å². The highest BCUT2D eigenvalue weighted by molar-refractivity contribution is 8.04. The summed E-state index contributed by atoms with van der Waals surface area (Å²) in [5, 5.41) is 7.21. The Hall–Kier alpha value is -2.79. The van der Waals surface area contributed by atoms with Crippen LogP contribution in [0.25, 0.3) is 0 Å². The van der Waals surface area contributed by atoms with Crippen molar-refractivity contribution in [1.82, 2.24) is 20.4 Å². The molecule has 0 bridgehead atoms. The first kappa shape index (κ1) is 27.3. The maximum atomic E-state index is 13.8. The second-order valence-corrected chi connectivity index (χ2v) is 10.6. The van der Waals surface area contributed by atoms with E-state index in [0.29, 0.717) is 29.5 Å². The minimum atomic E-state index is -0.347. The normalized spacial score (nSPS) is 21.2. The van der Waals surface area contributed by atoms with Gasteiger partial charge in [-0.1, -0.05) is 23.9 Å². The smallest absolute Gasteiger partial charge is 0.260 e. The third-order valence-electron chi connectivity index (χ3n) is 6.79. The minimum Gasteiger partial charge on any atom is -0.340 e. The zero-order chi connectivity index (χ0) is 26.4. The summed E-state index contributed by atoms with van der Waals surface area (Å²) in [6.07, 6.45) is 4.41. The molecule has 1 aromatic carbocycles. The summed E-state index contributed by atoms with van der Waals surface area (Å²) in [7, 11) is 5.80. The van der Waals surface area contributed by atoms with Crippen molar-refractivity contribution in [1.29, 1.82) is 0 Å². The number of fused-ring (bicyclic) bond motifs is 3. The number of benzene rings is 1. The molecule has 1 aromatic rings. The molecule has 2 N–H and O–H groups in total. The molecular formula is C27H37N7O2S. The number of nitrogens with zero attached hydrogens (tertiary/aromatic N) is 5. The number of thioether (sulfide) groups is 1. The largest absolute Gasteiger partial charge is 0.340 e. The number of anilines is 1. The molecule has 9 nitrogen and oxygen atoms in total. The van der Waals surface area contributed by atoms with Gasteiger partial charge >= 0.3 is 0 Å². The van der Waals surface area contributed by atoms with Gasteiger partial charge in [0.25, 0.3) is 5.91 Å². The van der Waals surface area contributed by atoms with Gasteiger partial charge in [0.05, 0.1) is 11.3 Å². The van der Waals surface area contributed by atoms with Gasteiger partial charge in [0.1, 0.15) is 16.4 Å². The fraction of sp³-hybridized carbons (Fsp3) is 0.481. The summed E-state index contributed by atoms with van der Waals surface area (Å²) in [5.41, 5.74) is 1.39. The van der Waals surface area contributed by atoms with Crippen LogP contribution in [0.2, 0.25) is 0 Å². The van der Waals surface area contributed by atoms with E-state index in [0.717, 1.165) is 56.0 Å². The van der Waals surface area contributed by atoms with Gasteiger partial charge in [0.15, 0.2) is 0 Å². The number of amidine groups is 1. The molecule has 1 atom stereocenters. The Morgan fingerprint density at radius 3 is 2.86 bits per heavy atom. The van der Waals surface area contributed by atoms with Gasteiger partial charge in [-0.3, -0.25) is 24.5 Å². The predicted octanol–water partition coefficient (Wildman–Crippen LogP) is 2.13. The van der Waals surface area contributed by atoms with E-state index in [1.165, 1.54) is 18.0 Å². The lowest BCUT2D eigenvalue weighted by molar-refractivity contribution is -0.128. The van der Waals surface area contributed by atoms with Crippen LogP contribution >= 0.6 is 11.8 Å². The predicted molar refractivity (Wildman–Crippen MR) is 151 cm³/mol. The molecule has 4 rings (SSSR count). The summed E-state index contributed by atoms with van der Waals surface area (Å²) in [4.78, 5) is 43.2. The maximum absolute atomic E-state index is 13.8. The van der Waals surface area contributed by atoms with Crippen LogP contribution in [0.4, 0.5) is 5.69 Å². The highest BCUT2D eigenvalue weighted by Gasteiger charge is 2.44. The Labute approximate surface area is 223 Å². The number of ketones is 1. The van der Waals surface area contributed by atoms with E-state index in [1.54, 1.807) is 11.9 Å². The van der Waals surface area contributed by atoms with Crippen LogP contribution in [0.1, 0.15) is 19.3 Å². The van der Waals surface area contributed by atoms with Crippen LogP contribution in [0.5, 0.6) is 0 Å². The van der Waals surface area contributed by atoms with E-state index in [2.05, 4.69) is 34.3 Å². The van der Waals surface area contributed by atoms with Crippen LogP contribution in [0, 0.1) is 0 Å². The molecule has 1 fully saturated rings. The van der Waals surface area contributed by atoms with Crippen LogP contribution in [0.3, 0.4) is 0 Å². The molecule has 1 amide bonds. The number of amides is 1. The molecule has 0 spiro atoms. The number of hydrogen-bond donors (Lipinski definition) is 2. The van der Waals surface area contributed by atoms with Crippen molar-refractivity contribution in [3.63, 3.8) is 0 Å². The molecule has 3 aliphatic rings. The second-order valence-electron chi connectivity index (χ2n) is 9.58. The van der Waals surface area contributed by atoms with Gasteiger partial charge in [-0.15, -0.1) is 0 Å². The first-order chi connectivity index (χ1) is 18.0. The molecular weight excluding hydrogens is 486 g/mol. The van der Waals surface area contributed by atoms with E-state index in [-0.39, 0.29) is 23.3 Å². The summed E-state index contributed by atoms with van der Waals surface area (Å²) >= 11 is 1.45. The third kappa shape index (κ3) is 6.04. The van der Waals surface area contributed by atoms with Crippen LogP contribution in [-0.4, -0.2) is 100 Å². The van der Waals surface area contributed by atoms with E-state index in [4.69, 9.17) is 4.99 Å². The molecule has 198 valence electrons. The number of para-hydroxylation sites is 1. The SMILES string of the molecule is C=N/C=C1/C(=O)C(C(=O)N(C)CC2CCCN2)=C2Sc3ccccc3N2C1=NCCCN(C)CCNC. The Bertz CT molecular complexity index is 1120. The second kappa shape index (κ2) is 12.6. The number of likely N-dealkylation sites (N-methyl/N-ethyl adjacent to an activating group) is 3. The van der Waals surface area contributed by atoms with Crippen molar-refractivity contribution in [2.75, 3.05) is 65.3 Å². The van der Waals surface area contributed by atoms with Crippen molar-refractivity contribution in [2.24, 2.45) is 9.98 Å². The lowest BCUT2D eigenvalue weighted by atomic mass is 9.97. The fourth-order valence-corrected chi connectivity index (χ4v) is 6.00. The average molecular weight is 524 g/mol. The van der Waals surface area contributed by atoms with Gasteiger partial charge in [0.2, 0.25) is 5.78 Å². The summed E-state index contributed by atoms with van der Waals surface area (Å²) in [6, 6.07) is 8.18. The van der Waals surface area contributed by atoms with Gasteiger partial charge in [-0.25, -0.2) is 0 Å². The van der Waals surface area contributed by atoms with E-state index in [9.17, 15) is 9.59 Å². The van der Waals surface area contributed by atoms with Crippen molar-refractivity contribution in [3.8, 4) is 0 Å². The number of rotatable bonds is 11. The molecule has 1 unspecified atom stereocenters. The maximum Gasteiger partial charge on any atom is 0.260 e. The molecule has 3 aliphatic heterocycles. The van der Waals surface area contributed by atoms with E-state index in [1.807, 2.05) is 36.2 Å². The topological polar surface area (TPSA) is 92.6 Å². The van der Waals surface area contributed by atoms with Gasteiger partial charge in [-0.05, 0) is 65.3 Å². The van der Waals surface area contributed by atoms with Crippen LogP contribution < -0.4 is 15.5 Å². The molecule has 37 heavy (non-hydrogen) atoms. The third-order valence-corrected chi connectivity index (χ3v) is 7.94. The van der Waals surface area contributed by atoms with Crippen molar-refractivity contribution < 1.29 is 9.59 Å². The van der Waals surface area contributed by atoms with Crippen molar-refractivity contribution in [3.05, 3.63) is 46.6 Å². The number of carbonyl (C=O) groups excluding carboxylic acids is 2. The highest BCUT2D eigenvalue weighted by atomic mass is 32.2. The monoisotopic (exact) mass is 523 g/mol. The molecule has 1 saturated heterocycles. The Balaban J connectivity index is 1.67. The summed E-state index contributed by atoms with van der Waals surface area (Å²) in [6.45, 7) is 8.42. The number of hydrogen-bond acceptors (Lipinski definition) is 8. The Kier molecular flexibility index (Phi) is 9.31. The zero-order valence-corrected chi connectivity index (χ0v) is 22.8. The van der Waals surface area contributed by atoms with Crippen molar-refractivity contribution in [2.45, 2.75) is 30.2 Å². The molecule has 0 aliphatic carbocycles. The standard InChI is InChI=1S/C27H37N7O2S/c1-28-14-16-32(3)15-8-13-31-25-20(17-29-2)24(35)23(26(36)33(4)18-19-9-7-12-30-19)27-34(25)21-10-5-6-11-22(21)37-27/h5-6,10-11,17,19,28,30H,2,7-9,12-16,18H2,1,3-4H3/b20-17-,31-25?. The number of carbonyl (C=O) groups is 2. The fourth-order valence-electron chi connectivity index (χ4n) is 4.82. The lowest BCUT2D eigenvalue weighted by Gasteiger charge is -2.31. The van der Waals surface area contributed by atoms with Gasteiger partial charge in [-0.2, -0.15) is 0 Å². The van der Waals surface area contributed by atoms with E-state index >= 15 is 0 Å². The zero-order valence-electron chi connectivity index (χ0n) is 22.0. The lowest BCUT2D eigenvalue weighted by Crippen LogP contribution is -2.45. The highest BCUT2D eigenvalue weighted by Crippen LogP contribution is 2.50. The quantitative estimate of drug-likeness (QED) is 0.199. The first-order valence-corrected chi connectivity index (χ1v) is 13.7. The summed E-state index contributed by atoms with van der Waals surface area (Å²) in [5.74, 6) is -0.0985. The molecule has 0 aromatic heterocycles. The number of nitrogens with one attached hydrogen (secondary N) is 2. The molecule has 10 heteroatoms. The Morgan fingerprint density at radius 2 is 2.14 bits per heavy atom. The van der Waals surface area contributed by atoms with Crippen LogP contribution in [-0.2, 0) is 9.59 Å². The minimum absolute atomic E-state index is 0.169. The molecule has 0 radical (unpaired) electrons. The Morgan fingerprint density at radius 1 is 1.32 bits per heavy atom. The molecule has 0 saturated carbocycles.